The van der Waals surface area contributed by atoms with Gasteiger partial charge in [-0.05, 0) is 12.1 Å². The van der Waals surface area contributed by atoms with Crippen LogP contribution in [0.15, 0.2) is 24.8 Å². The van der Waals surface area contributed by atoms with Gasteiger partial charge in [-0.3, -0.25) is 0 Å². The van der Waals surface area contributed by atoms with E-state index < -0.39 is 0 Å². The van der Waals surface area contributed by atoms with Crippen LogP contribution in [0.1, 0.15) is 5.56 Å². The van der Waals surface area contributed by atoms with E-state index in [9.17, 15) is 0 Å². The molecule has 0 amide bonds. The molecule has 0 N–H and O–H groups in total. The Kier molecular flexibility index (Phi) is 3.63. The van der Waals surface area contributed by atoms with Gasteiger partial charge in [0.2, 0.25) is 0 Å². The van der Waals surface area contributed by atoms with Crippen LogP contribution in [0.4, 0.5) is 0 Å². The summed E-state index contributed by atoms with van der Waals surface area (Å²) in [5.41, 5.74) is 0.904. The van der Waals surface area contributed by atoms with Crippen molar-refractivity contribution < 1.29 is 9.47 Å². The lowest BCUT2D eigenvalue weighted by Gasteiger charge is -2.08. The highest BCUT2D eigenvalue weighted by molar-refractivity contribution is 5.57. The lowest BCUT2D eigenvalue weighted by atomic mass is 10.2. The maximum atomic E-state index is 5.33. The van der Waals surface area contributed by atoms with E-state index in [1.54, 1.807) is 19.3 Å². The van der Waals surface area contributed by atoms with Gasteiger partial charge >= 0.3 is 0 Å². The molecule has 1 aromatic rings. The molecule has 0 aromatic heterocycles. The molecule has 0 aliphatic rings. The Hall–Kier alpha value is -1.88. The summed E-state index contributed by atoms with van der Waals surface area (Å²) in [5, 5.41) is 0. The molecule has 14 heavy (non-hydrogen) atoms. The smallest absolute Gasteiger partial charge is 0.148 e. The molecule has 0 heterocycles. The first-order chi connectivity index (χ1) is 6.81. The molecule has 0 unspecified atom stereocenters. The van der Waals surface area contributed by atoms with Gasteiger partial charge < -0.3 is 9.47 Å². The van der Waals surface area contributed by atoms with Crippen LogP contribution in [-0.2, 0) is 0 Å². The van der Waals surface area contributed by atoms with Gasteiger partial charge in [-0.2, -0.15) is 0 Å². The van der Waals surface area contributed by atoms with E-state index in [1.165, 1.54) is 0 Å². The van der Waals surface area contributed by atoms with Crippen molar-refractivity contribution in [2.75, 3.05) is 13.7 Å². The van der Waals surface area contributed by atoms with Crippen molar-refractivity contribution in [2.45, 2.75) is 0 Å². The fourth-order valence-corrected chi connectivity index (χ4v) is 1.05. The molecule has 0 fully saturated rings. The number of terminal acetylenes is 1. The van der Waals surface area contributed by atoms with E-state index in [2.05, 4.69) is 12.5 Å². The Labute approximate surface area is 84.2 Å². The molecule has 0 aliphatic carbocycles. The summed E-state index contributed by atoms with van der Waals surface area (Å²) in [7, 11) is 1.61. The number of rotatable bonds is 4. The van der Waals surface area contributed by atoms with Crippen LogP contribution in [-0.4, -0.2) is 13.7 Å². The van der Waals surface area contributed by atoms with Gasteiger partial charge in [0.15, 0.2) is 0 Å². The molecule has 2 heteroatoms. The molecule has 0 saturated heterocycles. The fraction of sp³-hybridized carbons (Fsp3) is 0.167. The van der Waals surface area contributed by atoms with E-state index >= 15 is 0 Å². The molecule has 0 bridgehead atoms. The van der Waals surface area contributed by atoms with Crippen molar-refractivity contribution in [3.8, 4) is 23.8 Å². The molecule has 0 saturated carbocycles. The van der Waals surface area contributed by atoms with Gasteiger partial charge in [-0.15, -0.1) is 6.42 Å². The van der Waals surface area contributed by atoms with E-state index in [1.807, 2.05) is 12.1 Å². The molecule has 0 atom stereocenters. The zero-order chi connectivity index (χ0) is 10.4. The molecule has 72 valence electrons. The highest BCUT2D eigenvalue weighted by Gasteiger charge is 2.01. The second-order valence-corrected chi connectivity index (χ2v) is 2.60. The van der Waals surface area contributed by atoms with Gasteiger partial charge in [-0.1, -0.05) is 18.6 Å². The van der Waals surface area contributed by atoms with Crippen molar-refractivity contribution in [1.29, 1.82) is 0 Å². The lowest BCUT2D eigenvalue weighted by Crippen LogP contribution is -1.96. The SMILES string of the molecule is C#CCOc1cc(OC)ccc1C=C. The topological polar surface area (TPSA) is 18.5 Å². The summed E-state index contributed by atoms with van der Waals surface area (Å²) in [4.78, 5) is 0. The first-order valence-electron chi connectivity index (χ1n) is 4.18. The molecule has 1 aromatic carbocycles. The van der Waals surface area contributed by atoms with E-state index in [0.717, 1.165) is 11.3 Å². The number of methoxy groups -OCH3 is 1. The van der Waals surface area contributed by atoms with Crippen LogP contribution < -0.4 is 9.47 Å². The van der Waals surface area contributed by atoms with Crippen LogP contribution in [0, 0.1) is 12.3 Å². The average molecular weight is 188 g/mol. The van der Waals surface area contributed by atoms with E-state index in [0.29, 0.717) is 5.75 Å². The normalized spacial score (nSPS) is 8.86. The van der Waals surface area contributed by atoms with Gasteiger partial charge in [-0.25, -0.2) is 0 Å². The van der Waals surface area contributed by atoms with E-state index in [4.69, 9.17) is 15.9 Å². The minimum absolute atomic E-state index is 0.244. The summed E-state index contributed by atoms with van der Waals surface area (Å²) >= 11 is 0. The van der Waals surface area contributed by atoms with Crippen molar-refractivity contribution >= 4 is 6.08 Å². The van der Waals surface area contributed by atoms with Crippen LogP contribution >= 0.6 is 0 Å². The summed E-state index contributed by atoms with van der Waals surface area (Å²) in [6.45, 7) is 3.93. The lowest BCUT2D eigenvalue weighted by molar-refractivity contribution is 0.362. The zero-order valence-electron chi connectivity index (χ0n) is 8.12. The minimum atomic E-state index is 0.244. The number of hydrogen-bond acceptors (Lipinski definition) is 2. The van der Waals surface area contributed by atoms with Crippen LogP contribution in [0.25, 0.3) is 6.08 Å². The highest BCUT2D eigenvalue weighted by Crippen LogP contribution is 2.25. The largest absolute Gasteiger partial charge is 0.497 e. The van der Waals surface area contributed by atoms with Gasteiger partial charge in [0, 0.05) is 11.6 Å². The Morgan fingerprint density at radius 2 is 2.36 bits per heavy atom. The van der Waals surface area contributed by atoms with Gasteiger partial charge in [0.05, 0.1) is 7.11 Å². The van der Waals surface area contributed by atoms with Crippen molar-refractivity contribution in [3.05, 3.63) is 30.3 Å². The van der Waals surface area contributed by atoms with Gasteiger partial charge in [0.25, 0.3) is 0 Å². The second kappa shape index (κ2) is 4.98. The third-order valence-electron chi connectivity index (χ3n) is 1.75. The second-order valence-electron chi connectivity index (χ2n) is 2.60. The highest BCUT2D eigenvalue weighted by atomic mass is 16.5. The zero-order valence-corrected chi connectivity index (χ0v) is 8.12. The average Bonchev–Trinajstić information content (AvgIpc) is 2.25. The van der Waals surface area contributed by atoms with Gasteiger partial charge in [0.1, 0.15) is 18.1 Å². The maximum Gasteiger partial charge on any atom is 0.148 e. The van der Waals surface area contributed by atoms with Crippen LogP contribution in [0.2, 0.25) is 0 Å². The molecular weight excluding hydrogens is 176 g/mol. The summed E-state index contributed by atoms with van der Waals surface area (Å²) in [6, 6.07) is 5.51. The standard InChI is InChI=1S/C12H12O2/c1-4-8-14-12-9-11(13-3)7-6-10(12)5-2/h1,5-7,9H,2,8H2,3H3. The number of ether oxygens (including phenoxy) is 2. The monoisotopic (exact) mass is 188 g/mol. The molecular formula is C12H12O2. The Morgan fingerprint density at radius 1 is 1.57 bits per heavy atom. The first kappa shape index (κ1) is 10.2. The quantitative estimate of drug-likeness (QED) is 0.675. The molecule has 1 rings (SSSR count). The first-order valence-corrected chi connectivity index (χ1v) is 4.18. The molecule has 0 radical (unpaired) electrons. The van der Waals surface area contributed by atoms with Crippen LogP contribution in [0.3, 0.4) is 0 Å². The maximum absolute atomic E-state index is 5.33. The Morgan fingerprint density at radius 3 is 2.93 bits per heavy atom. The summed E-state index contributed by atoms with van der Waals surface area (Å²) in [6.07, 6.45) is 6.82. The molecule has 0 spiro atoms. The number of hydrogen-bond donors (Lipinski definition) is 0. The van der Waals surface area contributed by atoms with Crippen molar-refractivity contribution in [1.82, 2.24) is 0 Å². The van der Waals surface area contributed by atoms with Crippen molar-refractivity contribution in [2.24, 2.45) is 0 Å². The summed E-state index contributed by atoms with van der Waals surface area (Å²) < 4.78 is 10.4. The predicted octanol–water partition coefficient (Wildman–Crippen LogP) is 2.35. The fourth-order valence-electron chi connectivity index (χ4n) is 1.05. The van der Waals surface area contributed by atoms with Crippen molar-refractivity contribution in [3.63, 3.8) is 0 Å². The van der Waals surface area contributed by atoms with Crippen LogP contribution in [0.5, 0.6) is 11.5 Å². The van der Waals surface area contributed by atoms with E-state index in [-0.39, 0.29) is 6.61 Å². The third-order valence-corrected chi connectivity index (χ3v) is 1.75. The minimum Gasteiger partial charge on any atom is -0.497 e. The molecule has 2 nitrogen and oxygen atoms in total. The predicted molar refractivity (Wildman–Crippen MR) is 57.4 cm³/mol. The molecule has 0 aliphatic heterocycles. The summed E-state index contributed by atoms with van der Waals surface area (Å²) in [5.74, 6) is 3.84. The third kappa shape index (κ3) is 2.30. The number of benzene rings is 1. The Bertz CT molecular complexity index is 361. The Balaban J connectivity index is 2.97.